The maximum Gasteiger partial charge on any atom is 0.292 e. The van der Waals surface area contributed by atoms with Gasteiger partial charge in [-0.25, -0.2) is 0 Å². The zero-order valence-electron chi connectivity index (χ0n) is 40.9. The predicted octanol–water partition coefficient (Wildman–Crippen LogP) is 15.9. The van der Waals surface area contributed by atoms with E-state index in [9.17, 15) is 0 Å². The predicted molar refractivity (Wildman–Crippen MR) is 307 cm³/mol. The van der Waals surface area contributed by atoms with Gasteiger partial charge in [-0.05, 0) is 131 Å². The summed E-state index contributed by atoms with van der Waals surface area (Å²) in [5.41, 5.74) is 16.5. The molecule has 0 radical (unpaired) electrons. The standard InChI is InChI=1S/C66H51BN4/c1-38(2)40-32-34-54-52(36-40)63-65(68(54)5)67-62-58(70(63)56-28-15-26-50-46-20-9-7-18-42(46)44-22-11-13-24-48(44)60(50)56)30-17-31-59(62)71(64-53-37-41(39(3)4)33-35-55(53)69(6)66(64)67)57-29-16-27-51-47-21-10-8-19-43(47)45-23-12-14-25-49(45)61(51)57/h7-39H,1-6H3. The molecule has 2 aliphatic heterocycles. The van der Waals surface area contributed by atoms with Crippen molar-refractivity contribution in [3.8, 4) is 0 Å². The number of nitrogens with zero attached hydrogens (tertiary/aromatic N) is 4. The van der Waals surface area contributed by atoms with Crippen LogP contribution in [0.5, 0.6) is 0 Å². The Morgan fingerprint density at radius 3 is 1.00 bits per heavy atom. The monoisotopic (exact) mass is 910 g/mol. The minimum atomic E-state index is -0.0846. The highest BCUT2D eigenvalue weighted by Gasteiger charge is 2.49. The molecule has 4 nitrogen and oxygen atoms in total. The largest absolute Gasteiger partial charge is 0.353 e. The van der Waals surface area contributed by atoms with Crippen LogP contribution in [0.15, 0.2) is 188 Å². The molecule has 0 atom stereocenters. The van der Waals surface area contributed by atoms with Crippen molar-refractivity contribution in [1.82, 2.24) is 9.13 Å². The normalized spacial score (nSPS) is 13.4. The smallest absolute Gasteiger partial charge is 0.292 e. The third-order valence-corrected chi connectivity index (χ3v) is 16.6. The van der Waals surface area contributed by atoms with Crippen molar-refractivity contribution in [2.24, 2.45) is 14.1 Å². The molecule has 0 unspecified atom stereocenters. The molecule has 0 amide bonds. The maximum absolute atomic E-state index is 2.68. The second kappa shape index (κ2) is 14.6. The molecule has 0 N–H and O–H groups in total. The molecule has 2 aliphatic rings. The first-order valence-corrected chi connectivity index (χ1v) is 25.4. The van der Waals surface area contributed by atoms with Gasteiger partial charge >= 0.3 is 0 Å². The molecular formula is C66H51BN4. The van der Waals surface area contributed by atoms with Gasteiger partial charge in [0.2, 0.25) is 0 Å². The number of rotatable bonds is 4. The van der Waals surface area contributed by atoms with Gasteiger partial charge in [-0.15, -0.1) is 0 Å². The molecular weight excluding hydrogens is 860 g/mol. The molecule has 4 heterocycles. The van der Waals surface area contributed by atoms with Crippen LogP contribution in [0, 0.1) is 0 Å². The van der Waals surface area contributed by atoms with Gasteiger partial charge in [-0.2, -0.15) is 0 Å². The number of anilines is 6. The Kier molecular flexibility index (Phi) is 8.37. The van der Waals surface area contributed by atoms with Crippen molar-refractivity contribution in [2.75, 3.05) is 9.80 Å². The summed E-state index contributed by atoms with van der Waals surface area (Å²) in [5, 5.41) is 17.8. The first-order chi connectivity index (χ1) is 34.8. The fraction of sp³-hybridized carbons (Fsp3) is 0.121. The van der Waals surface area contributed by atoms with Crippen molar-refractivity contribution in [1.29, 1.82) is 0 Å². The van der Waals surface area contributed by atoms with Crippen LogP contribution >= 0.6 is 0 Å². The molecule has 2 aromatic heterocycles. The highest BCUT2D eigenvalue weighted by atomic mass is 15.2. The summed E-state index contributed by atoms with van der Waals surface area (Å²) in [6.07, 6.45) is 0. The average molecular weight is 911 g/mol. The molecule has 71 heavy (non-hydrogen) atoms. The van der Waals surface area contributed by atoms with Gasteiger partial charge in [0.05, 0.1) is 22.7 Å². The summed E-state index contributed by atoms with van der Waals surface area (Å²) in [7, 11) is 4.64. The number of benzene rings is 11. The molecule has 0 spiro atoms. The van der Waals surface area contributed by atoms with E-state index < -0.39 is 0 Å². The zero-order chi connectivity index (χ0) is 47.6. The average Bonchev–Trinajstić information content (AvgIpc) is 3.88. The van der Waals surface area contributed by atoms with E-state index in [-0.39, 0.29) is 6.71 Å². The maximum atomic E-state index is 2.68. The summed E-state index contributed by atoms with van der Waals surface area (Å²) < 4.78 is 5.08. The first kappa shape index (κ1) is 40.6. The summed E-state index contributed by atoms with van der Waals surface area (Å²) in [5.74, 6) is 0.743. The third-order valence-electron chi connectivity index (χ3n) is 16.6. The Bertz CT molecular complexity index is 4100. The van der Waals surface area contributed by atoms with Gasteiger partial charge in [0, 0.05) is 69.2 Å². The summed E-state index contributed by atoms with van der Waals surface area (Å²) >= 11 is 0. The number of hydrogen-bond donors (Lipinski definition) is 0. The van der Waals surface area contributed by atoms with Crippen molar-refractivity contribution in [3.05, 3.63) is 199 Å². The first-order valence-electron chi connectivity index (χ1n) is 25.4. The zero-order valence-corrected chi connectivity index (χ0v) is 40.9. The quantitative estimate of drug-likeness (QED) is 0.129. The lowest BCUT2D eigenvalue weighted by atomic mass is 9.36. The molecule has 13 aromatic rings. The van der Waals surface area contributed by atoms with Crippen LogP contribution in [0.2, 0.25) is 0 Å². The third kappa shape index (κ3) is 5.30. The lowest BCUT2D eigenvalue weighted by Crippen LogP contribution is -2.64. The second-order valence-corrected chi connectivity index (χ2v) is 20.8. The van der Waals surface area contributed by atoms with Crippen LogP contribution in [-0.4, -0.2) is 15.8 Å². The second-order valence-electron chi connectivity index (χ2n) is 20.8. The molecule has 5 heteroatoms. The Balaban J connectivity index is 1.14. The highest BCUT2D eigenvalue weighted by Crippen LogP contribution is 2.53. The van der Waals surface area contributed by atoms with Crippen molar-refractivity contribution >= 4 is 144 Å². The fourth-order valence-electron chi connectivity index (χ4n) is 13.4. The molecule has 0 fully saturated rings. The number of hydrogen-bond acceptors (Lipinski definition) is 2. The molecule has 0 saturated heterocycles. The summed E-state index contributed by atoms with van der Waals surface area (Å²) in [6, 6.07) is 71.7. The van der Waals surface area contributed by atoms with Gasteiger partial charge in [0.25, 0.3) is 6.71 Å². The molecule has 11 aromatic carbocycles. The van der Waals surface area contributed by atoms with Crippen LogP contribution in [0.4, 0.5) is 34.1 Å². The van der Waals surface area contributed by atoms with E-state index in [1.165, 1.54) is 148 Å². The van der Waals surface area contributed by atoms with Gasteiger partial charge in [0.15, 0.2) is 0 Å². The van der Waals surface area contributed by atoms with E-state index in [2.05, 4.69) is 249 Å². The van der Waals surface area contributed by atoms with Crippen molar-refractivity contribution in [2.45, 2.75) is 39.5 Å². The van der Waals surface area contributed by atoms with Gasteiger partial charge < -0.3 is 18.9 Å². The molecule has 0 saturated carbocycles. The van der Waals surface area contributed by atoms with Crippen LogP contribution in [0.25, 0.3) is 86.4 Å². The van der Waals surface area contributed by atoms with E-state index in [0.717, 1.165) is 0 Å². The molecule has 0 aliphatic carbocycles. The van der Waals surface area contributed by atoms with Crippen LogP contribution in [-0.2, 0) is 14.1 Å². The van der Waals surface area contributed by atoms with Crippen molar-refractivity contribution in [3.63, 3.8) is 0 Å². The Morgan fingerprint density at radius 1 is 0.324 bits per heavy atom. The fourth-order valence-corrected chi connectivity index (χ4v) is 13.4. The van der Waals surface area contributed by atoms with Crippen LogP contribution in [0.1, 0.15) is 50.7 Å². The minimum Gasteiger partial charge on any atom is -0.353 e. The van der Waals surface area contributed by atoms with E-state index in [4.69, 9.17) is 0 Å². The lowest BCUT2D eigenvalue weighted by Gasteiger charge is -2.43. The topological polar surface area (TPSA) is 16.3 Å². The van der Waals surface area contributed by atoms with E-state index in [0.29, 0.717) is 11.8 Å². The van der Waals surface area contributed by atoms with Crippen LogP contribution < -0.4 is 26.4 Å². The number of aromatic nitrogens is 2. The van der Waals surface area contributed by atoms with Gasteiger partial charge in [-0.1, -0.05) is 167 Å². The van der Waals surface area contributed by atoms with Gasteiger partial charge in [0.1, 0.15) is 0 Å². The minimum absolute atomic E-state index is 0.0846. The summed E-state index contributed by atoms with van der Waals surface area (Å²) in [6.45, 7) is 9.19. The van der Waals surface area contributed by atoms with Crippen LogP contribution in [0.3, 0.4) is 0 Å². The highest BCUT2D eigenvalue weighted by molar-refractivity contribution is 7.00. The molecule has 0 bridgehead atoms. The lowest BCUT2D eigenvalue weighted by molar-refractivity contribution is 0.868. The van der Waals surface area contributed by atoms with Crippen molar-refractivity contribution < 1.29 is 0 Å². The summed E-state index contributed by atoms with van der Waals surface area (Å²) in [4.78, 5) is 5.35. The Morgan fingerprint density at radius 2 is 0.634 bits per heavy atom. The van der Waals surface area contributed by atoms with E-state index in [1.54, 1.807) is 0 Å². The SMILES string of the molecule is CC(C)c1ccc2c(c1)c1c(n2C)B2c3c(cccc3N(c3cccc4c5ccccc5c5ccccc5c34)c3c2n(C)c2ccc(C(C)C)cc32)N1c1cccc2c3ccccc3c3ccccc3c12. The Hall–Kier alpha value is -8.28. The number of fused-ring (bicyclic) bond motifs is 20. The molecule has 15 rings (SSSR count). The molecule has 338 valence electrons. The van der Waals surface area contributed by atoms with Gasteiger partial charge in [-0.3, -0.25) is 0 Å². The van der Waals surface area contributed by atoms with E-state index in [1.807, 2.05) is 0 Å². The van der Waals surface area contributed by atoms with E-state index >= 15 is 0 Å². The Labute approximate surface area is 413 Å². The number of aryl methyl sites for hydroxylation is 2.